The lowest BCUT2D eigenvalue weighted by molar-refractivity contribution is -0.111. The zero-order valence-corrected chi connectivity index (χ0v) is 13.0. The van der Waals surface area contributed by atoms with Crippen LogP contribution < -0.4 is 0 Å². The molecule has 1 heterocycles. The van der Waals surface area contributed by atoms with Crippen LogP contribution in [-0.2, 0) is 9.53 Å². The Balaban J connectivity index is 2.09. The number of fused-ring (bicyclic) bond motifs is 1. The molecule has 0 fully saturated rings. The number of Topliss-reactive ketones (excluding diaryl/α,β-unsaturated/α-hetero) is 2. The highest BCUT2D eigenvalue weighted by Gasteiger charge is 2.28. The molecule has 1 aliphatic rings. The molecule has 3 rings (SSSR count). The van der Waals surface area contributed by atoms with E-state index in [4.69, 9.17) is 4.74 Å². The van der Waals surface area contributed by atoms with Gasteiger partial charge >= 0.3 is 0 Å². The Bertz CT molecular complexity index is 810. The number of ether oxygens (including phenoxy) is 1. The lowest BCUT2D eigenvalue weighted by atomic mass is 9.91. The van der Waals surface area contributed by atoms with E-state index >= 15 is 0 Å². The SMILES string of the molecule is Cc1ccc2ccc(C)c(C(=O)C(=O)C3=COC(C)C3)c2c1. The van der Waals surface area contributed by atoms with E-state index in [-0.39, 0.29) is 6.10 Å². The van der Waals surface area contributed by atoms with Crippen molar-refractivity contribution in [2.75, 3.05) is 0 Å². The summed E-state index contributed by atoms with van der Waals surface area (Å²) < 4.78 is 5.27. The predicted octanol–water partition coefficient (Wildman–Crippen LogP) is 3.90. The first-order valence-electron chi connectivity index (χ1n) is 7.41. The quantitative estimate of drug-likeness (QED) is 0.637. The van der Waals surface area contributed by atoms with E-state index in [9.17, 15) is 9.59 Å². The average molecular weight is 294 g/mol. The summed E-state index contributed by atoms with van der Waals surface area (Å²) in [6.45, 7) is 5.73. The Hall–Kier alpha value is -2.42. The van der Waals surface area contributed by atoms with Crippen molar-refractivity contribution < 1.29 is 14.3 Å². The lowest BCUT2D eigenvalue weighted by Crippen LogP contribution is -2.18. The maximum atomic E-state index is 12.7. The molecule has 3 heteroatoms. The smallest absolute Gasteiger partial charge is 0.234 e. The number of ketones is 2. The molecule has 0 saturated heterocycles. The van der Waals surface area contributed by atoms with Gasteiger partial charge in [-0.25, -0.2) is 0 Å². The maximum Gasteiger partial charge on any atom is 0.234 e. The van der Waals surface area contributed by atoms with Crippen LogP contribution in [0.5, 0.6) is 0 Å². The van der Waals surface area contributed by atoms with Crippen LogP contribution in [0.15, 0.2) is 42.2 Å². The van der Waals surface area contributed by atoms with E-state index in [0.717, 1.165) is 21.9 Å². The van der Waals surface area contributed by atoms with Gasteiger partial charge in [-0.05, 0) is 37.1 Å². The molecular weight excluding hydrogens is 276 g/mol. The van der Waals surface area contributed by atoms with Crippen molar-refractivity contribution in [3.8, 4) is 0 Å². The Morgan fingerprint density at radius 1 is 1.09 bits per heavy atom. The first kappa shape index (κ1) is 14.5. The number of carbonyl (C=O) groups excluding carboxylic acids is 2. The summed E-state index contributed by atoms with van der Waals surface area (Å²) in [4.78, 5) is 25.2. The first-order chi connectivity index (χ1) is 10.5. The summed E-state index contributed by atoms with van der Waals surface area (Å²) in [5.74, 6) is -0.904. The predicted molar refractivity (Wildman–Crippen MR) is 86.0 cm³/mol. The second-order valence-corrected chi connectivity index (χ2v) is 5.93. The number of aryl methyl sites for hydroxylation is 2. The highest BCUT2D eigenvalue weighted by atomic mass is 16.5. The minimum Gasteiger partial charge on any atom is -0.498 e. The molecule has 1 unspecified atom stereocenters. The van der Waals surface area contributed by atoms with Crippen molar-refractivity contribution in [1.82, 2.24) is 0 Å². The molecule has 2 aromatic carbocycles. The molecule has 1 aliphatic heterocycles. The van der Waals surface area contributed by atoms with Crippen LogP contribution in [-0.4, -0.2) is 17.7 Å². The maximum absolute atomic E-state index is 12.7. The fourth-order valence-corrected chi connectivity index (χ4v) is 2.85. The molecule has 0 bridgehead atoms. The monoisotopic (exact) mass is 294 g/mol. The lowest BCUT2D eigenvalue weighted by Gasteiger charge is -2.10. The Morgan fingerprint density at radius 3 is 2.50 bits per heavy atom. The van der Waals surface area contributed by atoms with Crippen LogP contribution in [0.4, 0.5) is 0 Å². The van der Waals surface area contributed by atoms with Gasteiger partial charge in [0.05, 0.1) is 12.4 Å². The van der Waals surface area contributed by atoms with Crippen molar-refractivity contribution in [2.24, 2.45) is 0 Å². The van der Waals surface area contributed by atoms with Gasteiger partial charge < -0.3 is 4.74 Å². The first-order valence-corrected chi connectivity index (χ1v) is 7.41. The third-order valence-corrected chi connectivity index (χ3v) is 4.06. The number of carbonyl (C=O) groups is 2. The molecule has 0 N–H and O–H groups in total. The van der Waals surface area contributed by atoms with Crippen LogP contribution in [0.25, 0.3) is 10.8 Å². The molecule has 3 nitrogen and oxygen atoms in total. The zero-order chi connectivity index (χ0) is 15.9. The van der Waals surface area contributed by atoms with Crippen molar-refractivity contribution in [1.29, 1.82) is 0 Å². The van der Waals surface area contributed by atoms with E-state index in [2.05, 4.69) is 0 Å². The highest BCUT2D eigenvalue weighted by molar-refractivity contribution is 6.51. The van der Waals surface area contributed by atoms with Gasteiger partial charge in [0.15, 0.2) is 0 Å². The van der Waals surface area contributed by atoms with Crippen molar-refractivity contribution in [3.05, 3.63) is 58.9 Å². The van der Waals surface area contributed by atoms with Crippen LogP contribution in [0.1, 0.15) is 34.8 Å². The van der Waals surface area contributed by atoms with Gasteiger partial charge in [0.1, 0.15) is 0 Å². The summed E-state index contributed by atoms with van der Waals surface area (Å²) in [6, 6.07) is 9.81. The topological polar surface area (TPSA) is 43.4 Å². The second-order valence-electron chi connectivity index (χ2n) is 5.93. The summed E-state index contributed by atoms with van der Waals surface area (Å²) in [5.41, 5.74) is 2.86. The molecule has 2 aromatic rings. The normalized spacial score (nSPS) is 17.2. The molecule has 0 spiro atoms. The Labute approximate surface area is 129 Å². The van der Waals surface area contributed by atoms with E-state index in [1.54, 1.807) is 0 Å². The van der Waals surface area contributed by atoms with E-state index in [0.29, 0.717) is 17.6 Å². The molecule has 112 valence electrons. The number of hydrogen-bond acceptors (Lipinski definition) is 3. The van der Waals surface area contributed by atoms with Crippen LogP contribution >= 0.6 is 0 Å². The van der Waals surface area contributed by atoms with E-state index < -0.39 is 11.6 Å². The minimum absolute atomic E-state index is 0.0393. The minimum atomic E-state index is -0.457. The summed E-state index contributed by atoms with van der Waals surface area (Å²) in [7, 11) is 0. The standard InChI is InChI=1S/C19H18O3/c1-11-4-6-14-7-5-12(2)17(16(14)8-11)19(21)18(20)15-9-13(3)22-10-15/h4-8,10,13H,9H2,1-3H3. The molecule has 0 radical (unpaired) electrons. The van der Waals surface area contributed by atoms with Gasteiger partial charge in [0.25, 0.3) is 0 Å². The van der Waals surface area contributed by atoms with Crippen LogP contribution in [0.2, 0.25) is 0 Å². The van der Waals surface area contributed by atoms with Gasteiger partial charge in [0.2, 0.25) is 11.6 Å². The van der Waals surface area contributed by atoms with Gasteiger partial charge in [-0.3, -0.25) is 9.59 Å². The Kier molecular flexibility index (Phi) is 3.57. The number of hydrogen-bond donors (Lipinski definition) is 0. The molecule has 0 aliphatic carbocycles. The summed E-state index contributed by atoms with van der Waals surface area (Å²) >= 11 is 0. The number of rotatable bonds is 3. The fourth-order valence-electron chi connectivity index (χ4n) is 2.85. The van der Waals surface area contributed by atoms with Gasteiger partial charge in [0, 0.05) is 17.6 Å². The Morgan fingerprint density at radius 2 is 1.82 bits per heavy atom. The van der Waals surface area contributed by atoms with Crippen molar-refractivity contribution in [2.45, 2.75) is 33.3 Å². The molecule has 0 aromatic heterocycles. The van der Waals surface area contributed by atoms with Gasteiger partial charge in [-0.2, -0.15) is 0 Å². The molecule has 0 saturated carbocycles. The summed E-state index contributed by atoms with van der Waals surface area (Å²) in [5, 5.41) is 1.81. The van der Waals surface area contributed by atoms with Crippen molar-refractivity contribution >= 4 is 22.3 Å². The molecule has 22 heavy (non-hydrogen) atoms. The second kappa shape index (κ2) is 5.41. The van der Waals surface area contributed by atoms with E-state index in [1.807, 2.05) is 51.1 Å². The molecular formula is C19H18O3. The van der Waals surface area contributed by atoms with Crippen LogP contribution in [0, 0.1) is 13.8 Å². The zero-order valence-electron chi connectivity index (χ0n) is 13.0. The molecule has 1 atom stereocenters. The fraction of sp³-hybridized carbons (Fsp3) is 0.263. The molecule has 0 amide bonds. The van der Waals surface area contributed by atoms with Gasteiger partial charge in [-0.1, -0.05) is 35.9 Å². The van der Waals surface area contributed by atoms with Gasteiger partial charge in [-0.15, -0.1) is 0 Å². The van der Waals surface area contributed by atoms with E-state index in [1.165, 1.54) is 6.26 Å². The third kappa shape index (κ3) is 2.43. The third-order valence-electron chi connectivity index (χ3n) is 4.06. The van der Waals surface area contributed by atoms with Crippen molar-refractivity contribution in [3.63, 3.8) is 0 Å². The average Bonchev–Trinajstić information content (AvgIpc) is 2.92. The van der Waals surface area contributed by atoms with Crippen LogP contribution in [0.3, 0.4) is 0 Å². The highest BCUT2D eigenvalue weighted by Crippen LogP contribution is 2.26. The largest absolute Gasteiger partial charge is 0.498 e. The summed E-state index contributed by atoms with van der Waals surface area (Å²) in [6.07, 6.45) is 1.88. The number of benzene rings is 2.